The number of rotatable bonds is 74. The Morgan fingerprint density at radius 3 is 1.52 bits per heavy atom. The van der Waals surface area contributed by atoms with E-state index in [9.17, 15) is 127 Å². The number of nitrogens with zero attached hydrogens (tertiary/aromatic N) is 8. The van der Waals surface area contributed by atoms with Gasteiger partial charge < -0.3 is 106 Å². The van der Waals surface area contributed by atoms with E-state index in [1.54, 1.807) is 24.3 Å². The molecular formula is C96H140IN14O32P. The molecule has 48 heteroatoms. The quantitative estimate of drug-likeness (QED) is 0.0162. The van der Waals surface area contributed by atoms with Crippen molar-refractivity contribution in [2.45, 2.75) is 192 Å². The number of hydrogen-bond acceptors (Lipinski definition) is 29. The van der Waals surface area contributed by atoms with Crippen LogP contribution in [0.3, 0.4) is 0 Å². The first-order chi connectivity index (χ1) is 68.9. The SMILES string of the molecule is O=C(O)CCC(CP(=O)(O)OCCC[C@H](CC(=O)NCCC[C@H](CC(=O)CCCCCNC(=O)CCC(NC(=O)CCOCCOCCOCCOCCCC(=O)CCC(=O)N1Cc2ccccc2-c2c(nnn2CCCNC(=O)CN2CCN(CC(=O)O)CCN(CC(=O)O)CCN(CC(=O)O)CC2)-c2ccccc21)C(=O)NC(CCCCNC(=O)CCCc1ccc(I)cc1)C(=O)O)C(=O)O)C(=O)O)C(=O)O. The van der Waals surface area contributed by atoms with Crippen LogP contribution in [0.15, 0.2) is 72.8 Å². The van der Waals surface area contributed by atoms with Crippen LogP contribution in [0.4, 0.5) is 5.69 Å². The van der Waals surface area contributed by atoms with Crippen molar-refractivity contribution in [1.29, 1.82) is 0 Å². The van der Waals surface area contributed by atoms with Gasteiger partial charge in [0.25, 0.3) is 0 Å². The molecule has 6 atom stereocenters. The maximum absolute atomic E-state index is 14.3. The number of carboxylic acid groups (broad SMARTS) is 8. The zero-order valence-electron chi connectivity index (χ0n) is 81.3. The second-order valence-corrected chi connectivity index (χ2v) is 38.5. The van der Waals surface area contributed by atoms with Gasteiger partial charge in [-0.2, -0.15) is 0 Å². The summed E-state index contributed by atoms with van der Waals surface area (Å²) >= 11 is 2.22. The molecule has 1 fully saturated rings. The summed E-state index contributed by atoms with van der Waals surface area (Å²) in [6.45, 7) is 3.08. The number of Topliss-reactive ketones (excluding diaryl/α,β-unsaturated/α-hetero) is 2. The predicted octanol–water partition coefficient (Wildman–Crippen LogP) is 4.65. The molecule has 0 spiro atoms. The number of ether oxygens (including phenoxy) is 4. The molecule has 3 heterocycles. The number of carbonyl (C=O) groups is 17. The molecule has 0 bridgehead atoms. The van der Waals surface area contributed by atoms with Crippen molar-refractivity contribution in [2.24, 2.45) is 17.8 Å². The standard InChI is InChI=1S/C96H140IN14O32P/c97-72-29-26-67(27-30-72)15-10-25-80(114)98-38-9-7-23-78(96(135)136)103-92(128)77(32-33-81(115)99-37-8-1-2-19-74(113)59-68(93(129)130)17-11-39-100-83(117)60-69(94(131)132)18-12-51-143-144(137,138)66-71(95(133)134)28-35-86(120)121)102-82(116)36-52-140-54-56-142-58-57-141-55-53-139-50-13-20-73(112)31-34-85(119)110-61-70-16-3-4-21-75(70)91-90(76-22-5-6-24-79(76)110)104-105-111(91)41-14-40-101-84(118)62-106-42-44-107(63-87(122)123)46-48-109(65-89(126)127)49-47-108(45-43-106)64-88(124)125/h3-6,16,21-22,24,26-27,29-30,68-69,71,77-78H,1-2,7-15,17-20,23,25,28,31-66H2,(H,98,114)(H,99,115)(H,100,117)(H,101,118)(H,102,116)(H,103,128)(H,120,121)(H,122,123)(H,124,125)(H,126,127)(H,129,130)(H,131,132)(H,133,134)(H,135,136)(H,137,138)/t68-,69-,71?,77?,78?/m1/s1. The average Bonchev–Trinajstić information content (AvgIpc) is 1.55. The highest BCUT2D eigenvalue weighted by Gasteiger charge is 2.35. The van der Waals surface area contributed by atoms with E-state index in [1.165, 1.54) is 0 Å². The lowest BCUT2D eigenvalue weighted by molar-refractivity contribution is -0.145. The Morgan fingerprint density at radius 2 is 0.924 bits per heavy atom. The van der Waals surface area contributed by atoms with Gasteiger partial charge in [0.05, 0.1) is 121 Å². The number of carbonyl (C=O) groups excluding carboxylic acids is 9. The largest absolute Gasteiger partial charge is 0.481 e. The summed E-state index contributed by atoms with van der Waals surface area (Å²) in [5.74, 6) is -17.6. The van der Waals surface area contributed by atoms with Gasteiger partial charge in [-0.15, -0.1) is 5.10 Å². The first kappa shape index (κ1) is 121. The fraction of sp³-hybridized carbons (Fsp3) is 0.615. The van der Waals surface area contributed by atoms with Crippen LogP contribution in [0.1, 0.15) is 172 Å². The van der Waals surface area contributed by atoms with Crippen LogP contribution in [-0.2, 0) is 129 Å². The molecule has 15 N–H and O–H groups in total. The Bertz CT molecular complexity index is 4830. The molecule has 6 rings (SSSR count). The van der Waals surface area contributed by atoms with Crippen molar-refractivity contribution in [3.8, 4) is 22.5 Å². The van der Waals surface area contributed by atoms with E-state index in [-0.39, 0.29) is 277 Å². The van der Waals surface area contributed by atoms with Gasteiger partial charge in [0.1, 0.15) is 29.3 Å². The predicted molar refractivity (Wildman–Crippen MR) is 528 cm³/mol. The van der Waals surface area contributed by atoms with Gasteiger partial charge in [-0.3, -0.25) is 101 Å². The number of aliphatic carboxylic acids is 8. The number of nitrogens with one attached hydrogen (secondary N) is 6. The van der Waals surface area contributed by atoms with Gasteiger partial charge in [0.15, 0.2) is 0 Å². The van der Waals surface area contributed by atoms with Crippen LogP contribution in [-0.4, -0.2) is 363 Å². The Hall–Kier alpha value is -11.3. The zero-order chi connectivity index (χ0) is 105. The summed E-state index contributed by atoms with van der Waals surface area (Å²) in [5.41, 5.74) is 5.21. The number of hydrogen-bond donors (Lipinski definition) is 15. The lowest BCUT2D eigenvalue weighted by Crippen LogP contribution is -2.52. The second-order valence-electron chi connectivity index (χ2n) is 35.3. The Labute approximate surface area is 848 Å². The minimum Gasteiger partial charge on any atom is -0.481 e. The third kappa shape index (κ3) is 50.5. The highest BCUT2D eigenvalue weighted by Crippen LogP contribution is 2.45. The summed E-state index contributed by atoms with van der Waals surface area (Å²) in [6.07, 6.45) is 1.01. The molecule has 4 unspecified atom stereocenters. The minimum absolute atomic E-state index is 0.000978. The fourth-order valence-electron chi connectivity index (χ4n) is 16.0. The van der Waals surface area contributed by atoms with Gasteiger partial charge in [0.2, 0.25) is 41.4 Å². The van der Waals surface area contributed by atoms with Crippen LogP contribution in [0, 0.1) is 21.3 Å². The van der Waals surface area contributed by atoms with Gasteiger partial charge in [0, 0.05) is 171 Å². The van der Waals surface area contributed by atoms with Crippen molar-refractivity contribution in [3.05, 3.63) is 87.5 Å². The average molecular weight is 2160 g/mol. The molecule has 3 aromatic carbocycles. The van der Waals surface area contributed by atoms with Crippen molar-refractivity contribution < 1.29 is 155 Å². The number of unbranched alkanes of at least 4 members (excludes halogenated alkanes) is 3. The molecule has 144 heavy (non-hydrogen) atoms. The molecule has 4 aromatic rings. The van der Waals surface area contributed by atoms with E-state index in [0.29, 0.717) is 81.3 Å². The molecule has 46 nitrogen and oxygen atoms in total. The van der Waals surface area contributed by atoms with Gasteiger partial charge in [-0.1, -0.05) is 66.2 Å². The number of anilines is 1. The summed E-state index contributed by atoms with van der Waals surface area (Å²) in [5, 5.41) is 102. The van der Waals surface area contributed by atoms with Gasteiger partial charge in [-0.05, 0) is 148 Å². The molecule has 0 saturated carbocycles. The monoisotopic (exact) mass is 2160 g/mol. The van der Waals surface area contributed by atoms with E-state index < -0.39 is 141 Å². The molecule has 0 radical (unpaired) electrons. The minimum atomic E-state index is -4.51. The summed E-state index contributed by atoms with van der Waals surface area (Å²) in [4.78, 5) is 232. The second kappa shape index (κ2) is 68.2. The molecule has 1 saturated heterocycles. The van der Waals surface area contributed by atoms with E-state index in [4.69, 9.17) is 28.6 Å². The fourth-order valence-corrected chi connectivity index (χ4v) is 17.8. The van der Waals surface area contributed by atoms with Crippen molar-refractivity contribution >= 4 is 137 Å². The number of amides is 7. The Balaban J connectivity index is 0.859. The normalized spacial score (nSPS) is 14.7. The highest BCUT2D eigenvalue weighted by molar-refractivity contribution is 14.1. The maximum Gasteiger partial charge on any atom is 0.328 e. The molecular weight excluding hydrogens is 2020 g/mol. The molecule has 2 aliphatic rings. The molecule has 2 aliphatic heterocycles. The number of benzene rings is 3. The number of para-hydroxylation sites is 1. The zero-order valence-corrected chi connectivity index (χ0v) is 84.4. The first-order valence-electron chi connectivity index (χ1n) is 48.7. The van der Waals surface area contributed by atoms with Gasteiger partial charge >= 0.3 is 55.4 Å². The Morgan fingerprint density at radius 1 is 0.403 bits per heavy atom. The lowest BCUT2D eigenvalue weighted by Gasteiger charge is -2.32. The smallest absolute Gasteiger partial charge is 0.328 e. The highest BCUT2D eigenvalue weighted by atomic mass is 127. The summed E-state index contributed by atoms with van der Waals surface area (Å²) in [6, 6.07) is 20.2. The topological polar surface area (TPSA) is 655 Å². The number of aryl methyl sites for hydroxylation is 2. The van der Waals surface area contributed by atoms with Crippen LogP contribution >= 0.6 is 30.2 Å². The van der Waals surface area contributed by atoms with Crippen LogP contribution in [0.5, 0.6) is 0 Å². The summed E-state index contributed by atoms with van der Waals surface area (Å²) < 4.78 is 42.8. The Kier molecular flexibility index (Phi) is 57.5. The lowest BCUT2D eigenvalue weighted by atomic mass is 9.95. The van der Waals surface area contributed by atoms with Crippen LogP contribution in [0.2, 0.25) is 0 Å². The number of halogens is 1. The molecule has 1 aromatic heterocycles. The van der Waals surface area contributed by atoms with Crippen molar-refractivity contribution in [2.75, 3.05) is 175 Å². The number of fused-ring (bicyclic) bond motifs is 5. The number of ketones is 2. The summed E-state index contributed by atoms with van der Waals surface area (Å²) in [7, 11) is -4.51. The van der Waals surface area contributed by atoms with Crippen molar-refractivity contribution in [1.82, 2.24) is 66.5 Å². The third-order valence-corrected chi connectivity index (χ3v) is 26.0. The van der Waals surface area contributed by atoms with E-state index in [1.807, 2.05) is 77.7 Å². The van der Waals surface area contributed by atoms with Crippen LogP contribution < -0.4 is 36.8 Å². The number of carboxylic acids is 8. The van der Waals surface area contributed by atoms with E-state index in [2.05, 4.69) is 64.8 Å². The van der Waals surface area contributed by atoms with E-state index in [0.717, 1.165) is 32.4 Å². The first-order valence-corrected chi connectivity index (χ1v) is 51.6. The van der Waals surface area contributed by atoms with E-state index >= 15 is 0 Å². The maximum atomic E-state index is 14.3. The molecule has 798 valence electrons. The number of aromatic nitrogens is 3. The molecule has 0 aliphatic carbocycles. The third-order valence-electron chi connectivity index (χ3n) is 23.8. The van der Waals surface area contributed by atoms with Crippen molar-refractivity contribution in [3.63, 3.8) is 0 Å². The van der Waals surface area contributed by atoms with Crippen LogP contribution in [0.25, 0.3) is 22.5 Å². The van der Waals surface area contributed by atoms with Gasteiger partial charge in [-0.25, -0.2) is 9.48 Å². The molecule has 7 amide bonds.